The fraction of sp³-hybridized carbons (Fsp3) is 0.615. The molecular formula is C13H20N2O. The summed E-state index contributed by atoms with van der Waals surface area (Å²) in [5, 5.41) is 3.51. The van der Waals surface area contributed by atoms with Crippen LogP contribution < -0.4 is 10.1 Å². The lowest BCUT2D eigenvalue weighted by atomic mass is 10.0. The summed E-state index contributed by atoms with van der Waals surface area (Å²) in [7, 11) is 0. The molecule has 1 aromatic heterocycles. The Labute approximate surface area is 97.2 Å². The smallest absolute Gasteiger partial charge is 0.137 e. The topological polar surface area (TPSA) is 34.1 Å². The van der Waals surface area contributed by atoms with Crippen molar-refractivity contribution >= 4 is 0 Å². The highest BCUT2D eigenvalue weighted by atomic mass is 16.5. The van der Waals surface area contributed by atoms with Crippen LogP contribution in [0.25, 0.3) is 0 Å². The summed E-state index contributed by atoms with van der Waals surface area (Å²) in [5.74, 6) is 0.842. The van der Waals surface area contributed by atoms with Crippen LogP contribution in [0.15, 0.2) is 24.5 Å². The van der Waals surface area contributed by atoms with E-state index in [4.69, 9.17) is 4.74 Å². The van der Waals surface area contributed by atoms with Crippen molar-refractivity contribution in [1.29, 1.82) is 0 Å². The molecule has 1 aliphatic carbocycles. The molecule has 0 aliphatic heterocycles. The van der Waals surface area contributed by atoms with Gasteiger partial charge in [0.25, 0.3) is 0 Å². The van der Waals surface area contributed by atoms with Crippen molar-refractivity contribution in [3.8, 4) is 5.75 Å². The molecule has 1 saturated carbocycles. The molecule has 3 heteroatoms. The lowest BCUT2D eigenvalue weighted by Gasteiger charge is -2.20. The lowest BCUT2D eigenvalue weighted by Crippen LogP contribution is -2.36. The lowest BCUT2D eigenvalue weighted by molar-refractivity contribution is 0.288. The molecule has 1 atom stereocenters. The van der Waals surface area contributed by atoms with E-state index in [-0.39, 0.29) is 0 Å². The molecule has 1 heterocycles. The summed E-state index contributed by atoms with van der Waals surface area (Å²) in [4.78, 5) is 4.00. The molecule has 0 bridgehead atoms. The van der Waals surface area contributed by atoms with Crippen molar-refractivity contribution in [3.63, 3.8) is 0 Å². The van der Waals surface area contributed by atoms with Gasteiger partial charge in [0.15, 0.2) is 0 Å². The van der Waals surface area contributed by atoms with Gasteiger partial charge < -0.3 is 10.1 Å². The highest BCUT2D eigenvalue weighted by molar-refractivity contribution is 5.15. The monoisotopic (exact) mass is 220 g/mol. The van der Waals surface area contributed by atoms with E-state index < -0.39 is 0 Å². The molecule has 1 aliphatic rings. The quantitative estimate of drug-likeness (QED) is 0.747. The third kappa shape index (κ3) is 2.95. The number of hydrogen-bond donors (Lipinski definition) is 1. The fourth-order valence-electron chi connectivity index (χ4n) is 1.75. The molecule has 3 nitrogen and oxygen atoms in total. The SMILES string of the molecule is CC(NCCOc1cccnc1)C1(C)CC1. The molecule has 2 rings (SSSR count). The summed E-state index contributed by atoms with van der Waals surface area (Å²) in [6.07, 6.45) is 6.20. The van der Waals surface area contributed by atoms with Crippen LogP contribution in [0, 0.1) is 5.41 Å². The first-order valence-electron chi connectivity index (χ1n) is 5.97. The zero-order chi connectivity index (χ0) is 11.4. The predicted octanol–water partition coefficient (Wildman–Crippen LogP) is 2.24. The number of pyridine rings is 1. The maximum atomic E-state index is 5.56. The van der Waals surface area contributed by atoms with Crippen LogP contribution in [0.1, 0.15) is 26.7 Å². The Balaban J connectivity index is 1.62. The Bertz CT molecular complexity index is 322. The zero-order valence-corrected chi connectivity index (χ0v) is 10.1. The summed E-state index contributed by atoms with van der Waals surface area (Å²) in [6.45, 7) is 6.20. The van der Waals surface area contributed by atoms with E-state index in [1.165, 1.54) is 12.8 Å². The molecule has 16 heavy (non-hydrogen) atoms. The van der Waals surface area contributed by atoms with Gasteiger partial charge in [-0.15, -0.1) is 0 Å². The largest absolute Gasteiger partial charge is 0.491 e. The average molecular weight is 220 g/mol. The van der Waals surface area contributed by atoms with Gasteiger partial charge in [-0.25, -0.2) is 0 Å². The van der Waals surface area contributed by atoms with Gasteiger partial charge in [0.1, 0.15) is 12.4 Å². The normalized spacial score (nSPS) is 19.1. The Kier molecular flexibility index (Phi) is 3.44. The van der Waals surface area contributed by atoms with E-state index >= 15 is 0 Å². The third-order valence-corrected chi connectivity index (χ3v) is 3.54. The highest BCUT2D eigenvalue weighted by Crippen LogP contribution is 2.47. The summed E-state index contributed by atoms with van der Waals surface area (Å²) < 4.78 is 5.56. The minimum absolute atomic E-state index is 0.536. The highest BCUT2D eigenvalue weighted by Gasteiger charge is 2.41. The van der Waals surface area contributed by atoms with Gasteiger partial charge in [0, 0.05) is 18.8 Å². The first-order chi connectivity index (χ1) is 7.71. The van der Waals surface area contributed by atoms with Crippen molar-refractivity contribution in [2.24, 2.45) is 5.41 Å². The van der Waals surface area contributed by atoms with E-state index in [2.05, 4.69) is 24.1 Å². The zero-order valence-electron chi connectivity index (χ0n) is 10.1. The van der Waals surface area contributed by atoms with Gasteiger partial charge in [-0.05, 0) is 37.3 Å². The second-order valence-electron chi connectivity index (χ2n) is 4.87. The number of aromatic nitrogens is 1. The maximum absolute atomic E-state index is 5.56. The molecule has 1 fully saturated rings. The molecule has 0 spiro atoms. The maximum Gasteiger partial charge on any atom is 0.137 e. The summed E-state index contributed by atoms with van der Waals surface area (Å²) in [6, 6.07) is 4.40. The van der Waals surface area contributed by atoms with Crippen LogP contribution in [0.2, 0.25) is 0 Å². The molecule has 0 aromatic carbocycles. The van der Waals surface area contributed by atoms with Crippen LogP contribution in [-0.4, -0.2) is 24.2 Å². The molecule has 1 aromatic rings. The Morgan fingerprint density at radius 1 is 1.56 bits per heavy atom. The van der Waals surface area contributed by atoms with Crippen LogP contribution in [-0.2, 0) is 0 Å². The number of nitrogens with zero attached hydrogens (tertiary/aromatic N) is 1. The van der Waals surface area contributed by atoms with Crippen LogP contribution in [0.5, 0.6) is 5.75 Å². The van der Waals surface area contributed by atoms with Crippen LogP contribution >= 0.6 is 0 Å². The minimum atomic E-state index is 0.536. The molecule has 0 saturated heterocycles. The van der Waals surface area contributed by atoms with E-state index in [1.807, 2.05) is 12.1 Å². The first-order valence-corrected chi connectivity index (χ1v) is 5.97. The van der Waals surface area contributed by atoms with Gasteiger partial charge in [-0.1, -0.05) is 6.92 Å². The van der Waals surface area contributed by atoms with Crippen molar-refractivity contribution in [3.05, 3.63) is 24.5 Å². The van der Waals surface area contributed by atoms with E-state index in [0.29, 0.717) is 18.1 Å². The Morgan fingerprint density at radius 3 is 3.00 bits per heavy atom. The van der Waals surface area contributed by atoms with Crippen LogP contribution in [0.4, 0.5) is 0 Å². The first kappa shape index (κ1) is 11.4. The van der Waals surface area contributed by atoms with Gasteiger partial charge >= 0.3 is 0 Å². The Morgan fingerprint density at radius 2 is 2.38 bits per heavy atom. The summed E-state index contributed by atoms with van der Waals surface area (Å²) in [5.41, 5.74) is 0.536. The number of ether oxygens (including phenoxy) is 1. The van der Waals surface area contributed by atoms with Gasteiger partial charge in [-0.3, -0.25) is 4.98 Å². The molecule has 1 unspecified atom stereocenters. The van der Waals surface area contributed by atoms with Gasteiger partial charge in [-0.2, -0.15) is 0 Å². The number of nitrogens with one attached hydrogen (secondary N) is 1. The molecule has 0 radical (unpaired) electrons. The third-order valence-electron chi connectivity index (χ3n) is 3.54. The van der Waals surface area contributed by atoms with Crippen molar-refractivity contribution in [2.45, 2.75) is 32.7 Å². The Hall–Kier alpha value is -1.09. The van der Waals surface area contributed by atoms with Gasteiger partial charge in [0.05, 0.1) is 6.20 Å². The fourth-order valence-corrected chi connectivity index (χ4v) is 1.75. The van der Waals surface area contributed by atoms with E-state index in [0.717, 1.165) is 12.3 Å². The number of rotatable bonds is 6. The molecule has 1 N–H and O–H groups in total. The molecular weight excluding hydrogens is 200 g/mol. The van der Waals surface area contributed by atoms with Crippen molar-refractivity contribution < 1.29 is 4.74 Å². The van der Waals surface area contributed by atoms with E-state index in [1.54, 1.807) is 12.4 Å². The van der Waals surface area contributed by atoms with E-state index in [9.17, 15) is 0 Å². The average Bonchev–Trinajstić information content (AvgIpc) is 3.05. The second-order valence-corrected chi connectivity index (χ2v) is 4.87. The predicted molar refractivity (Wildman–Crippen MR) is 64.5 cm³/mol. The molecule has 88 valence electrons. The van der Waals surface area contributed by atoms with Crippen molar-refractivity contribution in [1.82, 2.24) is 10.3 Å². The summed E-state index contributed by atoms with van der Waals surface area (Å²) >= 11 is 0. The minimum Gasteiger partial charge on any atom is -0.491 e. The van der Waals surface area contributed by atoms with Gasteiger partial charge in [0.2, 0.25) is 0 Å². The second kappa shape index (κ2) is 4.83. The molecule has 0 amide bonds. The number of hydrogen-bond acceptors (Lipinski definition) is 3. The van der Waals surface area contributed by atoms with Crippen molar-refractivity contribution in [2.75, 3.05) is 13.2 Å². The van der Waals surface area contributed by atoms with Crippen LogP contribution in [0.3, 0.4) is 0 Å². The standard InChI is InChI=1S/C13H20N2O/c1-11(13(2)5-6-13)15-8-9-16-12-4-3-7-14-10-12/h3-4,7,10-11,15H,5-6,8-9H2,1-2H3.